The van der Waals surface area contributed by atoms with Crippen LogP contribution in [0.4, 0.5) is 0 Å². The molecule has 31 heavy (non-hydrogen) atoms. The maximum Gasteiger partial charge on any atom is 0.165 e. The first-order valence-corrected chi connectivity index (χ1v) is 11.8. The first-order valence-electron chi connectivity index (χ1n) is 11.0. The van der Waals surface area contributed by atoms with Gasteiger partial charge in [0.1, 0.15) is 6.61 Å². The number of hydrogen-bond donors (Lipinski definition) is 1. The molecule has 1 saturated heterocycles. The van der Waals surface area contributed by atoms with Gasteiger partial charge in [-0.3, -0.25) is 0 Å². The van der Waals surface area contributed by atoms with Gasteiger partial charge in [-0.2, -0.15) is 0 Å². The van der Waals surface area contributed by atoms with Gasteiger partial charge in [-0.15, -0.1) is 11.3 Å². The molecule has 0 aliphatic carbocycles. The number of thiophene rings is 1. The van der Waals surface area contributed by atoms with Crippen molar-refractivity contribution >= 4 is 31.5 Å². The van der Waals surface area contributed by atoms with E-state index in [-0.39, 0.29) is 0 Å². The van der Waals surface area contributed by atoms with Crippen LogP contribution < -0.4 is 14.8 Å². The van der Waals surface area contributed by atoms with Crippen molar-refractivity contribution < 1.29 is 14.2 Å². The Morgan fingerprint density at radius 2 is 1.90 bits per heavy atom. The molecule has 0 amide bonds. The summed E-state index contributed by atoms with van der Waals surface area (Å²) in [5.41, 5.74) is 3.53. The predicted molar refractivity (Wildman–Crippen MR) is 126 cm³/mol. The lowest BCUT2D eigenvalue weighted by Crippen LogP contribution is -2.16. The molecular weight excluding hydrogens is 406 g/mol. The summed E-state index contributed by atoms with van der Waals surface area (Å²) in [6.07, 6.45) is 1.06. The van der Waals surface area contributed by atoms with E-state index in [0.717, 1.165) is 49.8 Å². The third-order valence-corrected chi connectivity index (χ3v) is 7.33. The average Bonchev–Trinajstić information content (AvgIpc) is 3.38. The molecule has 158 valence electrons. The minimum absolute atomic E-state index is 0.455. The van der Waals surface area contributed by atoms with Crippen LogP contribution in [0.2, 0.25) is 0 Å². The molecule has 0 spiro atoms. The second kappa shape index (κ2) is 8.15. The van der Waals surface area contributed by atoms with E-state index in [1.165, 1.54) is 31.3 Å². The van der Waals surface area contributed by atoms with Crippen molar-refractivity contribution in [1.29, 1.82) is 0 Å². The summed E-state index contributed by atoms with van der Waals surface area (Å²) in [5.74, 6) is 2.19. The van der Waals surface area contributed by atoms with E-state index >= 15 is 0 Å². The molecule has 1 fully saturated rings. The first-order chi connectivity index (χ1) is 15.3. The number of ether oxygens (including phenoxy) is 3. The van der Waals surface area contributed by atoms with Gasteiger partial charge in [-0.05, 0) is 47.9 Å². The van der Waals surface area contributed by atoms with Gasteiger partial charge in [0.25, 0.3) is 0 Å². The molecule has 6 rings (SSSR count). The van der Waals surface area contributed by atoms with Crippen LogP contribution in [0, 0.1) is 5.92 Å². The summed E-state index contributed by atoms with van der Waals surface area (Å²) in [4.78, 5) is 0. The number of nitrogens with one attached hydrogen (secondary N) is 1. The fourth-order valence-electron chi connectivity index (χ4n) is 4.51. The molecule has 3 aromatic carbocycles. The standard InChI is InChI=1S/C26H25NO3S/c1-2-4-24-21(3-1)22-12-18(5-6-25(22)31-24)19-11-20-14-27-8-10-29-26(20)23(13-19)30-16-17-7-9-28-15-17/h1-6,11-13,17,27H,7-10,14-16H2. The van der Waals surface area contributed by atoms with Crippen LogP contribution in [-0.4, -0.2) is 33.0 Å². The molecule has 4 nitrogen and oxygen atoms in total. The Balaban J connectivity index is 1.42. The number of benzene rings is 3. The van der Waals surface area contributed by atoms with E-state index in [1.54, 1.807) is 0 Å². The molecule has 1 N–H and O–H groups in total. The van der Waals surface area contributed by atoms with Gasteiger partial charge < -0.3 is 19.5 Å². The van der Waals surface area contributed by atoms with Crippen molar-refractivity contribution in [1.82, 2.24) is 5.32 Å². The molecule has 5 heteroatoms. The highest BCUT2D eigenvalue weighted by atomic mass is 32.1. The Hall–Kier alpha value is -2.60. The monoisotopic (exact) mass is 431 g/mol. The molecule has 1 atom stereocenters. The molecule has 4 aromatic rings. The number of fused-ring (bicyclic) bond motifs is 4. The summed E-state index contributed by atoms with van der Waals surface area (Å²) in [5, 5.41) is 6.09. The van der Waals surface area contributed by atoms with Gasteiger partial charge >= 0.3 is 0 Å². The lowest BCUT2D eigenvalue weighted by molar-refractivity contribution is 0.165. The van der Waals surface area contributed by atoms with Gasteiger partial charge in [0, 0.05) is 51.4 Å². The van der Waals surface area contributed by atoms with E-state index in [1.807, 2.05) is 11.3 Å². The van der Waals surface area contributed by atoms with Crippen LogP contribution in [-0.2, 0) is 11.3 Å². The Labute approximate surface area is 185 Å². The molecule has 1 unspecified atom stereocenters. The normalized spacial score (nSPS) is 18.6. The highest BCUT2D eigenvalue weighted by Gasteiger charge is 2.21. The molecule has 0 saturated carbocycles. The molecule has 0 bridgehead atoms. The fourth-order valence-corrected chi connectivity index (χ4v) is 5.59. The summed E-state index contributed by atoms with van der Waals surface area (Å²) in [6, 6.07) is 19.8. The summed E-state index contributed by atoms with van der Waals surface area (Å²) in [7, 11) is 0. The van der Waals surface area contributed by atoms with E-state index in [4.69, 9.17) is 14.2 Å². The van der Waals surface area contributed by atoms with Crippen molar-refractivity contribution in [2.75, 3.05) is 33.0 Å². The Morgan fingerprint density at radius 3 is 2.84 bits per heavy atom. The summed E-state index contributed by atoms with van der Waals surface area (Å²) in [6.45, 7) is 4.57. The summed E-state index contributed by atoms with van der Waals surface area (Å²) >= 11 is 1.85. The van der Waals surface area contributed by atoms with E-state index in [9.17, 15) is 0 Å². The lowest BCUT2D eigenvalue weighted by atomic mass is 9.99. The van der Waals surface area contributed by atoms with Crippen LogP contribution in [0.1, 0.15) is 12.0 Å². The topological polar surface area (TPSA) is 39.7 Å². The zero-order valence-electron chi connectivity index (χ0n) is 17.4. The number of rotatable bonds is 4. The fraction of sp³-hybridized carbons (Fsp3) is 0.308. The van der Waals surface area contributed by atoms with Gasteiger partial charge in [0.15, 0.2) is 11.5 Å². The van der Waals surface area contributed by atoms with Crippen LogP contribution in [0.3, 0.4) is 0 Å². The van der Waals surface area contributed by atoms with Crippen LogP contribution in [0.15, 0.2) is 54.6 Å². The van der Waals surface area contributed by atoms with Crippen molar-refractivity contribution in [2.24, 2.45) is 5.92 Å². The van der Waals surface area contributed by atoms with Crippen molar-refractivity contribution in [3.63, 3.8) is 0 Å². The molecule has 1 aromatic heterocycles. The molecule has 0 radical (unpaired) electrons. The van der Waals surface area contributed by atoms with Crippen molar-refractivity contribution in [3.05, 3.63) is 60.2 Å². The van der Waals surface area contributed by atoms with Crippen LogP contribution >= 0.6 is 11.3 Å². The van der Waals surface area contributed by atoms with Gasteiger partial charge in [0.05, 0.1) is 13.2 Å². The minimum atomic E-state index is 0.455. The molecular formula is C26H25NO3S. The summed E-state index contributed by atoms with van der Waals surface area (Å²) < 4.78 is 20.6. The first kappa shape index (κ1) is 19.1. The van der Waals surface area contributed by atoms with Crippen molar-refractivity contribution in [3.8, 4) is 22.6 Å². The Kier molecular flexibility index (Phi) is 5.03. The smallest absolute Gasteiger partial charge is 0.165 e. The SMILES string of the molecule is c1ccc2c(c1)sc1ccc(-c3cc4c(c(OCC5CCOC5)c3)OCCNC4)cc12. The van der Waals surface area contributed by atoms with E-state index in [2.05, 4.69) is 59.9 Å². The van der Waals surface area contributed by atoms with Gasteiger partial charge in [0.2, 0.25) is 0 Å². The minimum Gasteiger partial charge on any atom is -0.489 e. The average molecular weight is 432 g/mol. The zero-order chi connectivity index (χ0) is 20.6. The van der Waals surface area contributed by atoms with E-state index < -0.39 is 0 Å². The third-order valence-electron chi connectivity index (χ3n) is 6.18. The van der Waals surface area contributed by atoms with Crippen LogP contribution in [0.25, 0.3) is 31.3 Å². The maximum atomic E-state index is 6.32. The Morgan fingerprint density at radius 1 is 0.968 bits per heavy atom. The predicted octanol–water partition coefficient (Wildman–Crippen LogP) is 5.62. The molecule has 3 heterocycles. The largest absolute Gasteiger partial charge is 0.489 e. The maximum absolute atomic E-state index is 6.32. The highest BCUT2D eigenvalue weighted by molar-refractivity contribution is 7.25. The Bertz CT molecular complexity index is 1240. The molecule has 2 aliphatic heterocycles. The second-order valence-electron chi connectivity index (χ2n) is 8.34. The zero-order valence-corrected chi connectivity index (χ0v) is 18.2. The van der Waals surface area contributed by atoms with Crippen LogP contribution in [0.5, 0.6) is 11.5 Å². The van der Waals surface area contributed by atoms with E-state index in [0.29, 0.717) is 19.1 Å². The number of hydrogen-bond acceptors (Lipinski definition) is 5. The lowest BCUT2D eigenvalue weighted by Gasteiger charge is -2.18. The van der Waals surface area contributed by atoms with Gasteiger partial charge in [-0.1, -0.05) is 24.3 Å². The van der Waals surface area contributed by atoms with Gasteiger partial charge in [-0.25, -0.2) is 0 Å². The van der Waals surface area contributed by atoms with Crippen molar-refractivity contribution in [2.45, 2.75) is 13.0 Å². The third kappa shape index (κ3) is 3.67. The quantitative estimate of drug-likeness (QED) is 0.455. The molecule has 2 aliphatic rings. The highest BCUT2D eigenvalue weighted by Crippen LogP contribution is 2.40. The second-order valence-corrected chi connectivity index (χ2v) is 9.42.